The van der Waals surface area contributed by atoms with Crippen molar-refractivity contribution in [2.45, 2.75) is 10.6 Å². The zero-order valence-corrected chi connectivity index (χ0v) is 26.9. The topological polar surface area (TPSA) is 64.7 Å². The van der Waals surface area contributed by atoms with Crippen molar-refractivity contribution in [1.29, 1.82) is 0 Å². The molecule has 1 fully saturated rings. The standard InChI is InChI=1S/C41H28N4S2/c42-40-39(47-40)35-23-27(16-18-43-35)38-32-13-7-6-12-31(32)37(28-17-19-44-36(24-28)41-45-20-21-46-41)33-15-14-26(22-34(33)38)30-11-5-4-10-29(30)25-8-2-1-3-9-25/h1-24,39-40H,42H2/t39-,40?/m0/s1. The van der Waals surface area contributed by atoms with Crippen LogP contribution in [0.2, 0.25) is 0 Å². The Hall–Kier alpha value is -5.14. The second kappa shape index (κ2) is 11.6. The van der Waals surface area contributed by atoms with Crippen LogP contribution in [0.3, 0.4) is 0 Å². The van der Waals surface area contributed by atoms with E-state index in [9.17, 15) is 0 Å². The number of nitrogens with zero attached hydrogens (tertiary/aromatic N) is 3. The predicted molar refractivity (Wildman–Crippen MR) is 198 cm³/mol. The summed E-state index contributed by atoms with van der Waals surface area (Å²) >= 11 is 3.36. The quantitative estimate of drug-likeness (QED) is 0.145. The summed E-state index contributed by atoms with van der Waals surface area (Å²) in [6.45, 7) is 0. The summed E-state index contributed by atoms with van der Waals surface area (Å²) < 4.78 is 0. The number of nitrogens with two attached hydrogens (primary N) is 1. The first-order chi connectivity index (χ1) is 23.2. The highest BCUT2D eigenvalue weighted by Crippen LogP contribution is 2.52. The van der Waals surface area contributed by atoms with Gasteiger partial charge in [0.2, 0.25) is 0 Å². The highest BCUT2D eigenvalue weighted by atomic mass is 32.2. The first kappa shape index (κ1) is 28.1. The molecule has 1 unspecified atom stereocenters. The lowest BCUT2D eigenvalue weighted by atomic mass is 9.84. The van der Waals surface area contributed by atoms with E-state index in [1.165, 1.54) is 54.9 Å². The average molecular weight is 641 g/mol. The van der Waals surface area contributed by atoms with Crippen LogP contribution in [0.15, 0.2) is 145 Å². The zero-order valence-electron chi connectivity index (χ0n) is 25.2. The molecule has 4 nitrogen and oxygen atoms in total. The van der Waals surface area contributed by atoms with Gasteiger partial charge in [0.1, 0.15) is 5.01 Å². The van der Waals surface area contributed by atoms with Crippen molar-refractivity contribution in [3.05, 3.63) is 151 Å². The first-order valence-electron chi connectivity index (χ1n) is 15.6. The number of aromatic nitrogens is 3. The van der Waals surface area contributed by atoms with Crippen LogP contribution in [-0.2, 0) is 0 Å². The fourth-order valence-electron chi connectivity index (χ4n) is 6.75. The summed E-state index contributed by atoms with van der Waals surface area (Å²) in [4.78, 5) is 14.0. The van der Waals surface area contributed by atoms with Crippen LogP contribution in [-0.4, -0.2) is 20.3 Å². The minimum absolute atomic E-state index is 0.105. The molecule has 8 aromatic rings. The number of benzene rings is 5. The van der Waals surface area contributed by atoms with E-state index < -0.39 is 0 Å². The number of hydrogen-bond donors (Lipinski definition) is 1. The summed E-state index contributed by atoms with van der Waals surface area (Å²) in [5, 5.41) is 8.02. The molecule has 0 radical (unpaired) electrons. The van der Waals surface area contributed by atoms with E-state index in [1.54, 1.807) is 23.1 Å². The molecule has 47 heavy (non-hydrogen) atoms. The molecule has 0 saturated carbocycles. The Balaban J connectivity index is 1.35. The van der Waals surface area contributed by atoms with E-state index in [1.807, 2.05) is 24.0 Å². The van der Waals surface area contributed by atoms with Crippen LogP contribution >= 0.6 is 23.1 Å². The van der Waals surface area contributed by atoms with Gasteiger partial charge in [0, 0.05) is 24.0 Å². The van der Waals surface area contributed by atoms with Crippen molar-refractivity contribution in [2.75, 3.05) is 0 Å². The second-order valence-corrected chi connectivity index (χ2v) is 13.9. The molecule has 0 spiro atoms. The summed E-state index contributed by atoms with van der Waals surface area (Å²) in [6.07, 6.45) is 5.66. The van der Waals surface area contributed by atoms with Gasteiger partial charge in [0.25, 0.3) is 0 Å². The molecule has 2 atom stereocenters. The molecule has 1 aliphatic rings. The maximum atomic E-state index is 6.26. The van der Waals surface area contributed by atoms with Crippen molar-refractivity contribution in [2.24, 2.45) is 5.73 Å². The number of fused-ring (bicyclic) bond motifs is 2. The Bertz CT molecular complexity index is 2420. The molecule has 5 aromatic carbocycles. The molecule has 1 aliphatic heterocycles. The van der Waals surface area contributed by atoms with E-state index in [0.717, 1.165) is 27.5 Å². The third-order valence-corrected chi connectivity index (χ3v) is 10.8. The number of thiazole rings is 1. The molecular formula is C41H28N4S2. The number of rotatable bonds is 6. The highest BCUT2D eigenvalue weighted by Gasteiger charge is 2.37. The van der Waals surface area contributed by atoms with Crippen molar-refractivity contribution < 1.29 is 0 Å². The molecule has 9 rings (SSSR count). The van der Waals surface area contributed by atoms with Crippen LogP contribution < -0.4 is 5.73 Å². The summed E-state index contributed by atoms with van der Waals surface area (Å²) in [7, 11) is 0. The summed E-state index contributed by atoms with van der Waals surface area (Å²) in [5.74, 6) is 0. The molecular weight excluding hydrogens is 613 g/mol. The monoisotopic (exact) mass is 640 g/mol. The molecule has 3 aromatic heterocycles. The van der Waals surface area contributed by atoms with E-state index in [2.05, 4.69) is 126 Å². The van der Waals surface area contributed by atoms with Gasteiger partial charge in [-0.15, -0.1) is 23.1 Å². The van der Waals surface area contributed by atoms with E-state index in [0.29, 0.717) is 0 Å². The Kier molecular flexibility index (Phi) is 6.93. The van der Waals surface area contributed by atoms with Crippen LogP contribution in [0.1, 0.15) is 10.9 Å². The van der Waals surface area contributed by atoms with Gasteiger partial charge in [0.15, 0.2) is 0 Å². The van der Waals surface area contributed by atoms with Gasteiger partial charge in [-0.25, -0.2) is 4.98 Å². The normalized spacial score (nSPS) is 15.7. The molecule has 224 valence electrons. The molecule has 1 saturated heterocycles. The average Bonchev–Trinajstić information content (AvgIpc) is 3.61. The fraction of sp³-hybridized carbons (Fsp3) is 0.0488. The first-order valence-corrected chi connectivity index (χ1v) is 17.4. The molecule has 0 bridgehead atoms. The highest BCUT2D eigenvalue weighted by molar-refractivity contribution is 8.07. The lowest BCUT2D eigenvalue weighted by molar-refractivity contribution is 0.946. The zero-order chi connectivity index (χ0) is 31.3. The van der Waals surface area contributed by atoms with Crippen molar-refractivity contribution in [1.82, 2.24) is 15.0 Å². The SMILES string of the molecule is NC1S[C@H]1c1cc(-c2c3ccccc3c(-c3ccnc(-c4nccs4)c3)c3ccc(-c4ccccc4-c4ccccc4)cc23)ccn1. The smallest absolute Gasteiger partial charge is 0.141 e. The van der Waals surface area contributed by atoms with Crippen LogP contribution in [0, 0.1) is 0 Å². The van der Waals surface area contributed by atoms with Gasteiger partial charge < -0.3 is 5.73 Å². The van der Waals surface area contributed by atoms with Crippen LogP contribution in [0.4, 0.5) is 0 Å². The predicted octanol–water partition coefficient (Wildman–Crippen LogP) is 10.6. The molecule has 2 N–H and O–H groups in total. The number of hydrogen-bond acceptors (Lipinski definition) is 6. The van der Waals surface area contributed by atoms with Gasteiger partial charge in [-0.2, -0.15) is 0 Å². The van der Waals surface area contributed by atoms with Crippen molar-refractivity contribution in [3.8, 4) is 55.2 Å². The van der Waals surface area contributed by atoms with Gasteiger partial charge >= 0.3 is 0 Å². The van der Waals surface area contributed by atoms with Crippen molar-refractivity contribution >= 4 is 44.6 Å². The number of pyridine rings is 2. The van der Waals surface area contributed by atoms with Crippen LogP contribution in [0.5, 0.6) is 0 Å². The Morgan fingerprint density at radius 3 is 1.87 bits per heavy atom. The lowest BCUT2D eigenvalue weighted by Crippen LogP contribution is -2.02. The fourth-order valence-corrected chi connectivity index (χ4v) is 8.01. The molecule has 4 heterocycles. The van der Waals surface area contributed by atoms with Crippen LogP contribution in [0.25, 0.3) is 76.8 Å². The van der Waals surface area contributed by atoms with E-state index in [-0.39, 0.29) is 10.6 Å². The Morgan fingerprint density at radius 1 is 0.511 bits per heavy atom. The molecule has 6 heteroatoms. The molecule has 0 aliphatic carbocycles. The summed E-state index contributed by atoms with van der Waals surface area (Å²) in [5.41, 5.74) is 17.6. The van der Waals surface area contributed by atoms with Gasteiger partial charge in [-0.05, 0) is 96.4 Å². The maximum absolute atomic E-state index is 6.26. The lowest BCUT2D eigenvalue weighted by Gasteiger charge is -2.19. The third-order valence-electron chi connectivity index (χ3n) is 8.93. The largest absolute Gasteiger partial charge is 0.318 e. The summed E-state index contributed by atoms with van der Waals surface area (Å²) in [6, 6.07) is 43.7. The van der Waals surface area contributed by atoms with Gasteiger partial charge in [0.05, 0.1) is 22.0 Å². The third kappa shape index (κ3) is 5.02. The number of thioether (sulfide) groups is 1. The van der Waals surface area contributed by atoms with Gasteiger partial charge in [-0.3, -0.25) is 9.97 Å². The minimum Gasteiger partial charge on any atom is -0.318 e. The molecule has 0 amide bonds. The van der Waals surface area contributed by atoms with Crippen molar-refractivity contribution in [3.63, 3.8) is 0 Å². The van der Waals surface area contributed by atoms with Gasteiger partial charge in [-0.1, -0.05) is 91.0 Å². The van der Waals surface area contributed by atoms with E-state index >= 15 is 0 Å². The Labute approximate surface area is 281 Å². The Morgan fingerprint density at radius 2 is 1.15 bits per heavy atom. The maximum Gasteiger partial charge on any atom is 0.141 e. The minimum atomic E-state index is 0.105. The van der Waals surface area contributed by atoms with E-state index in [4.69, 9.17) is 15.7 Å². The second-order valence-electron chi connectivity index (χ2n) is 11.7.